The van der Waals surface area contributed by atoms with Crippen molar-refractivity contribution in [2.75, 3.05) is 6.61 Å². The van der Waals surface area contributed by atoms with Crippen molar-refractivity contribution in [3.05, 3.63) is 35.9 Å². The highest BCUT2D eigenvalue weighted by Crippen LogP contribution is 2.04. The van der Waals surface area contributed by atoms with Crippen molar-refractivity contribution in [1.29, 1.82) is 0 Å². The zero-order chi connectivity index (χ0) is 12.5. The maximum atomic E-state index is 11.6. The second-order valence-corrected chi connectivity index (χ2v) is 3.89. The molecule has 3 heteroatoms. The molecule has 0 aliphatic carbocycles. The smallest absolute Gasteiger partial charge is 0.313 e. The average molecular weight is 234 g/mol. The fourth-order valence-electron chi connectivity index (χ4n) is 1.45. The molecule has 0 bridgehead atoms. The summed E-state index contributed by atoms with van der Waals surface area (Å²) in [6.07, 6.45) is 2.82. The molecule has 0 saturated carbocycles. The fraction of sp³-hybridized carbons (Fsp3) is 0.429. The van der Waals surface area contributed by atoms with E-state index in [9.17, 15) is 9.59 Å². The van der Waals surface area contributed by atoms with Gasteiger partial charge in [-0.3, -0.25) is 9.59 Å². The zero-order valence-corrected chi connectivity index (χ0v) is 10.1. The van der Waals surface area contributed by atoms with E-state index in [1.165, 1.54) is 0 Å². The van der Waals surface area contributed by atoms with Gasteiger partial charge >= 0.3 is 5.97 Å². The van der Waals surface area contributed by atoms with Gasteiger partial charge in [-0.1, -0.05) is 50.1 Å². The normalized spacial score (nSPS) is 9.94. The lowest BCUT2D eigenvalue weighted by Gasteiger charge is -2.03. The van der Waals surface area contributed by atoms with Crippen molar-refractivity contribution >= 4 is 11.8 Å². The highest BCUT2D eigenvalue weighted by Gasteiger charge is 2.12. The average Bonchev–Trinajstić information content (AvgIpc) is 2.36. The molecule has 0 aliphatic rings. The molecule has 92 valence electrons. The number of rotatable bonds is 7. The third-order valence-electron chi connectivity index (χ3n) is 2.41. The first kappa shape index (κ1) is 13.4. The van der Waals surface area contributed by atoms with Crippen LogP contribution < -0.4 is 0 Å². The first-order valence-corrected chi connectivity index (χ1v) is 5.98. The van der Waals surface area contributed by atoms with Crippen LogP contribution in [0.5, 0.6) is 0 Å². The molecule has 0 amide bonds. The lowest BCUT2D eigenvalue weighted by molar-refractivity contribution is -0.142. The Bertz CT molecular complexity index is 357. The highest BCUT2D eigenvalue weighted by atomic mass is 16.5. The van der Waals surface area contributed by atoms with Gasteiger partial charge in [0.1, 0.15) is 6.42 Å². The van der Waals surface area contributed by atoms with E-state index in [0.717, 1.165) is 19.3 Å². The van der Waals surface area contributed by atoms with E-state index in [0.29, 0.717) is 12.2 Å². The predicted octanol–water partition coefficient (Wildman–Crippen LogP) is 2.99. The van der Waals surface area contributed by atoms with Crippen LogP contribution >= 0.6 is 0 Å². The minimum Gasteiger partial charge on any atom is -0.465 e. The van der Waals surface area contributed by atoms with Crippen molar-refractivity contribution in [3.8, 4) is 0 Å². The first-order valence-electron chi connectivity index (χ1n) is 5.98. The topological polar surface area (TPSA) is 43.4 Å². The number of hydrogen-bond acceptors (Lipinski definition) is 3. The van der Waals surface area contributed by atoms with Gasteiger partial charge in [-0.25, -0.2) is 0 Å². The summed E-state index contributed by atoms with van der Waals surface area (Å²) in [6.45, 7) is 2.50. The summed E-state index contributed by atoms with van der Waals surface area (Å²) in [5, 5.41) is 0. The van der Waals surface area contributed by atoms with Crippen LogP contribution in [0.4, 0.5) is 0 Å². The molecule has 0 N–H and O–H groups in total. The van der Waals surface area contributed by atoms with E-state index >= 15 is 0 Å². The fourth-order valence-corrected chi connectivity index (χ4v) is 1.45. The number of esters is 1. The van der Waals surface area contributed by atoms with Crippen LogP contribution in [0, 0.1) is 0 Å². The standard InChI is InChI=1S/C14H18O3/c1-2-3-7-10-17-14(16)11-13(15)12-8-5-4-6-9-12/h4-6,8-9H,2-3,7,10-11H2,1H3. The maximum Gasteiger partial charge on any atom is 0.313 e. The van der Waals surface area contributed by atoms with E-state index < -0.39 is 5.97 Å². The van der Waals surface area contributed by atoms with Gasteiger partial charge in [0.05, 0.1) is 6.61 Å². The van der Waals surface area contributed by atoms with Crippen LogP contribution in [0.15, 0.2) is 30.3 Å². The molecule has 0 aliphatic heterocycles. The molecule has 0 aromatic heterocycles. The number of unbranched alkanes of at least 4 members (excludes halogenated alkanes) is 2. The van der Waals surface area contributed by atoms with Crippen molar-refractivity contribution in [1.82, 2.24) is 0 Å². The Labute approximate surface area is 102 Å². The molecule has 1 aromatic rings. The SMILES string of the molecule is CCCCCOC(=O)CC(=O)c1ccccc1. The van der Waals surface area contributed by atoms with Crippen LogP contribution in [0.25, 0.3) is 0 Å². The lowest BCUT2D eigenvalue weighted by Crippen LogP contribution is -2.12. The summed E-state index contributed by atoms with van der Waals surface area (Å²) in [4.78, 5) is 23.0. The number of ketones is 1. The number of ether oxygens (including phenoxy) is 1. The number of hydrogen-bond donors (Lipinski definition) is 0. The summed E-state index contributed by atoms with van der Waals surface area (Å²) >= 11 is 0. The number of carbonyl (C=O) groups excluding carboxylic acids is 2. The Balaban J connectivity index is 2.29. The van der Waals surface area contributed by atoms with Gasteiger partial charge in [-0.05, 0) is 6.42 Å². The van der Waals surface area contributed by atoms with Gasteiger partial charge in [0.2, 0.25) is 0 Å². The molecule has 0 radical (unpaired) electrons. The molecule has 0 spiro atoms. The van der Waals surface area contributed by atoms with E-state index in [1.54, 1.807) is 24.3 Å². The van der Waals surface area contributed by atoms with Gasteiger partial charge in [0.15, 0.2) is 5.78 Å². The number of carbonyl (C=O) groups is 2. The molecule has 1 aromatic carbocycles. The zero-order valence-electron chi connectivity index (χ0n) is 10.1. The summed E-state index contributed by atoms with van der Waals surface area (Å²) in [6, 6.07) is 8.79. The van der Waals surface area contributed by atoms with E-state index in [2.05, 4.69) is 6.92 Å². The summed E-state index contributed by atoms with van der Waals surface area (Å²) in [5.74, 6) is -0.624. The van der Waals surface area contributed by atoms with Crippen molar-refractivity contribution in [3.63, 3.8) is 0 Å². The van der Waals surface area contributed by atoms with Gasteiger partial charge in [-0.15, -0.1) is 0 Å². The molecule has 0 saturated heterocycles. The Morgan fingerprint density at radius 1 is 1.12 bits per heavy atom. The molecular weight excluding hydrogens is 216 g/mol. The minimum absolute atomic E-state index is 0.170. The summed E-state index contributed by atoms with van der Waals surface area (Å²) < 4.78 is 4.98. The molecule has 1 rings (SSSR count). The largest absolute Gasteiger partial charge is 0.465 e. The van der Waals surface area contributed by atoms with Crippen LogP contribution in [0.3, 0.4) is 0 Å². The van der Waals surface area contributed by atoms with Gasteiger partial charge in [0.25, 0.3) is 0 Å². The van der Waals surface area contributed by atoms with Crippen molar-refractivity contribution in [2.24, 2.45) is 0 Å². The Hall–Kier alpha value is -1.64. The van der Waals surface area contributed by atoms with E-state index in [4.69, 9.17) is 4.74 Å². The molecule has 3 nitrogen and oxygen atoms in total. The van der Waals surface area contributed by atoms with Crippen molar-refractivity contribution in [2.45, 2.75) is 32.6 Å². The summed E-state index contributed by atoms with van der Waals surface area (Å²) in [7, 11) is 0. The maximum absolute atomic E-state index is 11.6. The highest BCUT2D eigenvalue weighted by molar-refractivity contribution is 6.05. The molecule has 17 heavy (non-hydrogen) atoms. The van der Waals surface area contributed by atoms with Crippen LogP contribution in [-0.2, 0) is 9.53 Å². The van der Waals surface area contributed by atoms with E-state index in [-0.39, 0.29) is 12.2 Å². The van der Waals surface area contributed by atoms with Crippen LogP contribution in [0.1, 0.15) is 43.0 Å². The van der Waals surface area contributed by atoms with Gasteiger partial charge < -0.3 is 4.74 Å². The second-order valence-electron chi connectivity index (χ2n) is 3.89. The van der Waals surface area contributed by atoms with Gasteiger partial charge in [-0.2, -0.15) is 0 Å². The molecular formula is C14H18O3. The third kappa shape index (κ3) is 5.29. The molecule has 0 atom stereocenters. The van der Waals surface area contributed by atoms with E-state index in [1.807, 2.05) is 6.07 Å². The predicted molar refractivity (Wildman–Crippen MR) is 65.9 cm³/mol. The lowest BCUT2D eigenvalue weighted by atomic mass is 10.1. The van der Waals surface area contributed by atoms with Crippen LogP contribution in [0.2, 0.25) is 0 Å². The Kier molecular flexibility index (Phi) is 6.00. The number of Topliss-reactive ketones (excluding diaryl/α,β-unsaturated/α-hetero) is 1. The van der Waals surface area contributed by atoms with Crippen LogP contribution in [-0.4, -0.2) is 18.4 Å². The molecule has 0 fully saturated rings. The first-order chi connectivity index (χ1) is 8.24. The quantitative estimate of drug-likeness (QED) is 0.315. The number of benzene rings is 1. The van der Waals surface area contributed by atoms with Gasteiger partial charge in [0, 0.05) is 5.56 Å². The Morgan fingerprint density at radius 3 is 2.47 bits per heavy atom. The monoisotopic (exact) mass is 234 g/mol. The second kappa shape index (κ2) is 7.60. The Morgan fingerprint density at radius 2 is 1.82 bits per heavy atom. The molecule has 0 unspecified atom stereocenters. The third-order valence-corrected chi connectivity index (χ3v) is 2.41. The van der Waals surface area contributed by atoms with Crippen molar-refractivity contribution < 1.29 is 14.3 Å². The minimum atomic E-state index is -0.435. The summed E-state index contributed by atoms with van der Waals surface area (Å²) in [5.41, 5.74) is 0.554. The molecule has 0 heterocycles.